The van der Waals surface area contributed by atoms with Crippen LogP contribution in [-0.4, -0.2) is 110 Å². The standard InChI is InChI=1S/C48H95NO10/c1-4-5-6-7-8-9-10-11-12-13-14-15-16-17-18-19-22-26-29-32-35-41(52)47(57)49-39(37-58-48-46(56)45(55)44(54)42(36-50)59-48)43(53)40(51)34-31-28-25-23-20-21-24-27-30-33-38(2)3/h38-46,48,50-56H,4-37H2,1-3H3,(H,49,57)/t39?,40?,41-,42?,43+,44+,45?,46?,48-/m1/s1. The maximum absolute atomic E-state index is 13.1. The molecule has 0 spiro atoms. The van der Waals surface area contributed by atoms with E-state index < -0.39 is 74.2 Å². The van der Waals surface area contributed by atoms with Crippen LogP contribution in [0.2, 0.25) is 0 Å². The first kappa shape index (κ1) is 56.1. The summed E-state index contributed by atoms with van der Waals surface area (Å²) >= 11 is 0. The van der Waals surface area contributed by atoms with E-state index >= 15 is 0 Å². The van der Waals surface area contributed by atoms with Gasteiger partial charge in [0.2, 0.25) is 5.91 Å². The van der Waals surface area contributed by atoms with Gasteiger partial charge in [0.15, 0.2) is 6.29 Å². The van der Waals surface area contributed by atoms with E-state index in [0.717, 1.165) is 44.4 Å². The number of carbonyl (C=O) groups is 1. The molecule has 11 heteroatoms. The van der Waals surface area contributed by atoms with E-state index in [1.54, 1.807) is 0 Å². The van der Waals surface area contributed by atoms with Gasteiger partial charge in [0, 0.05) is 0 Å². The highest BCUT2D eigenvalue weighted by Crippen LogP contribution is 2.23. The molecule has 1 aliphatic heterocycles. The molecule has 0 aromatic rings. The molecule has 59 heavy (non-hydrogen) atoms. The molecule has 1 aliphatic rings. The SMILES string of the molecule is CCCCCCCCCCCCCCCCCCCCCC[C@@H](O)C(=O)NC(CO[C@@H]1OC(CO)[C@H](O)C(O)C1O)[C@H](O)C(O)CCCCCCCCCCCC(C)C. The Morgan fingerprint density at radius 3 is 1.36 bits per heavy atom. The minimum absolute atomic E-state index is 0.266. The summed E-state index contributed by atoms with van der Waals surface area (Å²) in [6, 6.07) is -1.16. The summed E-state index contributed by atoms with van der Waals surface area (Å²) in [6.07, 6.45) is 25.9. The Hall–Kier alpha value is -0.890. The van der Waals surface area contributed by atoms with Crippen LogP contribution in [0.3, 0.4) is 0 Å². The Bertz CT molecular complexity index is 941. The normalized spacial score (nSPS) is 21.8. The third-order valence-corrected chi connectivity index (χ3v) is 12.3. The lowest BCUT2D eigenvalue weighted by atomic mass is 9.98. The zero-order valence-electron chi connectivity index (χ0n) is 38.2. The summed E-state index contributed by atoms with van der Waals surface area (Å²) < 4.78 is 11.1. The number of amides is 1. The molecule has 0 bridgehead atoms. The third kappa shape index (κ3) is 28.4. The van der Waals surface area contributed by atoms with Crippen LogP contribution in [0.15, 0.2) is 0 Å². The molecule has 1 amide bonds. The number of nitrogens with one attached hydrogen (secondary N) is 1. The summed E-state index contributed by atoms with van der Waals surface area (Å²) in [5.74, 6) is 0.0701. The average molecular weight is 846 g/mol. The van der Waals surface area contributed by atoms with Crippen molar-refractivity contribution in [3.05, 3.63) is 0 Å². The number of unbranched alkanes of at least 4 members (excludes halogenated alkanes) is 27. The van der Waals surface area contributed by atoms with Gasteiger partial charge in [-0.25, -0.2) is 0 Å². The Kier molecular flexibility index (Phi) is 35.8. The molecule has 1 saturated heterocycles. The monoisotopic (exact) mass is 846 g/mol. The molecule has 352 valence electrons. The fourth-order valence-electron chi connectivity index (χ4n) is 8.21. The van der Waals surface area contributed by atoms with Crippen LogP contribution < -0.4 is 5.32 Å². The van der Waals surface area contributed by atoms with Crippen molar-refractivity contribution in [1.82, 2.24) is 5.32 Å². The summed E-state index contributed by atoms with van der Waals surface area (Å²) in [4.78, 5) is 13.1. The van der Waals surface area contributed by atoms with Crippen molar-refractivity contribution < 1.29 is 50.0 Å². The van der Waals surface area contributed by atoms with Crippen molar-refractivity contribution >= 4 is 5.91 Å². The van der Waals surface area contributed by atoms with Crippen molar-refractivity contribution in [1.29, 1.82) is 0 Å². The summed E-state index contributed by atoms with van der Waals surface area (Å²) in [6.45, 7) is 5.75. The molecule has 1 heterocycles. The molecule has 0 aromatic heterocycles. The second-order valence-corrected chi connectivity index (χ2v) is 18.4. The van der Waals surface area contributed by atoms with Crippen LogP contribution in [0.25, 0.3) is 0 Å². The van der Waals surface area contributed by atoms with E-state index in [0.29, 0.717) is 19.3 Å². The van der Waals surface area contributed by atoms with Gasteiger partial charge in [-0.1, -0.05) is 213 Å². The highest BCUT2D eigenvalue weighted by molar-refractivity contribution is 5.80. The molecule has 5 unspecified atom stereocenters. The average Bonchev–Trinajstić information content (AvgIpc) is 3.22. The van der Waals surface area contributed by atoms with Crippen molar-refractivity contribution in [2.24, 2.45) is 5.92 Å². The van der Waals surface area contributed by atoms with Crippen LogP contribution in [0.5, 0.6) is 0 Å². The molecular weight excluding hydrogens is 751 g/mol. The molecule has 11 nitrogen and oxygen atoms in total. The Morgan fingerprint density at radius 1 is 0.559 bits per heavy atom. The predicted octanol–water partition coefficient (Wildman–Crippen LogP) is 8.53. The van der Waals surface area contributed by atoms with Crippen molar-refractivity contribution in [3.63, 3.8) is 0 Å². The number of ether oxygens (including phenoxy) is 2. The van der Waals surface area contributed by atoms with Crippen molar-refractivity contribution in [2.45, 2.75) is 281 Å². The quantitative estimate of drug-likeness (QED) is 0.0277. The Balaban J connectivity index is 2.37. The first-order valence-corrected chi connectivity index (χ1v) is 24.8. The molecule has 9 atom stereocenters. The second-order valence-electron chi connectivity index (χ2n) is 18.4. The van der Waals surface area contributed by atoms with E-state index in [2.05, 4.69) is 26.1 Å². The highest BCUT2D eigenvalue weighted by atomic mass is 16.7. The largest absolute Gasteiger partial charge is 0.394 e. The molecule has 8 N–H and O–H groups in total. The minimum atomic E-state index is -1.66. The smallest absolute Gasteiger partial charge is 0.249 e. The van der Waals surface area contributed by atoms with Crippen LogP contribution >= 0.6 is 0 Å². The van der Waals surface area contributed by atoms with Gasteiger partial charge in [-0.05, 0) is 18.8 Å². The van der Waals surface area contributed by atoms with Crippen molar-refractivity contribution in [2.75, 3.05) is 13.2 Å². The van der Waals surface area contributed by atoms with E-state index in [1.165, 1.54) is 141 Å². The topological polar surface area (TPSA) is 189 Å². The number of rotatable bonds is 41. The Labute approximate surface area is 360 Å². The fraction of sp³-hybridized carbons (Fsp3) is 0.979. The van der Waals surface area contributed by atoms with Gasteiger partial charge in [-0.2, -0.15) is 0 Å². The molecule has 0 aromatic carbocycles. The lowest BCUT2D eigenvalue weighted by Crippen LogP contribution is -2.60. The van der Waals surface area contributed by atoms with E-state index in [-0.39, 0.29) is 6.42 Å². The molecule has 1 fully saturated rings. The van der Waals surface area contributed by atoms with Gasteiger partial charge >= 0.3 is 0 Å². The van der Waals surface area contributed by atoms with Gasteiger partial charge in [0.25, 0.3) is 0 Å². The van der Waals surface area contributed by atoms with Gasteiger partial charge in [0.05, 0.1) is 25.4 Å². The minimum Gasteiger partial charge on any atom is -0.394 e. The number of aliphatic hydroxyl groups excluding tert-OH is 7. The van der Waals surface area contributed by atoms with Gasteiger partial charge in [-0.3, -0.25) is 4.79 Å². The zero-order chi connectivity index (χ0) is 43.5. The number of hydrogen-bond acceptors (Lipinski definition) is 10. The van der Waals surface area contributed by atoms with Crippen LogP contribution in [-0.2, 0) is 14.3 Å². The van der Waals surface area contributed by atoms with E-state index in [1.807, 2.05) is 0 Å². The first-order chi connectivity index (χ1) is 28.5. The molecule has 0 saturated carbocycles. The van der Waals surface area contributed by atoms with E-state index in [9.17, 15) is 40.5 Å². The first-order valence-electron chi connectivity index (χ1n) is 24.8. The van der Waals surface area contributed by atoms with Gasteiger partial charge < -0.3 is 50.5 Å². The highest BCUT2D eigenvalue weighted by Gasteiger charge is 2.44. The predicted molar refractivity (Wildman–Crippen MR) is 238 cm³/mol. The molecular formula is C48H95NO10. The van der Waals surface area contributed by atoms with E-state index in [4.69, 9.17) is 9.47 Å². The van der Waals surface area contributed by atoms with Gasteiger partial charge in [0.1, 0.15) is 36.6 Å². The van der Waals surface area contributed by atoms with Crippen LogP contribution in [0.4, 0.5) is 0 Å². The Morgan fingerprint density at radius 2 is 0.949 bits per heavy atom. The third-order valence-electron chi connectivity index (χ3n) is 12.3. The second kappa shape index (κ2) is 37.6. The molecule has 0 radical (unpaired) electrons. The van der Waals surface area contributed by atoms with Gasteiger partial charge in [-0.15, -0.1) is 0 Å². The summed E-state index contributed by atoms with van der Waals surface area (Å²) in [5, 5.41) is 75.7. The number of hydrogen-bond donors (Lipinski definition) is 8. The lowest BCUT2D eigenvalue weighted by molar-refractivity contribution is -0.303. The number of aliphatic hydroxyl groups is 7. The summed E-state index contributed by atoms with van der Waals surface area (Å²) in [7, 11) is 0. The van der Waals surface area contributed by atoms with Crippen LogP contribution in [0.1, 0.15) is 226 Å². The fourth-order valence-corrected chi connectivity index (χ4v) is 8.21. The zero-order valence-corrected chi connectivity index (χ0v) is 38.2. The molecule has 1 rings (SSSR count). The summed E-state index contributed by atoms with van der Waals surface area (Å²) in [5.41, 5.74) is 0. The number of carbonyl (C=O) groups excluding carboxylic acids is 1. The molecule has 0 aliphatic carbocycles. The maximum atomic E-state index is 13.1. The lowest BCUT2D eigenvalue weighted by Gasteiger charge is -2.40. The van der Waals surface area contributed by atoms with Crippen molar-refractivity contribution in [3.8, 4) is 0 Å². The van der Waals surface area contributed by atoms with Crippen LogP contribution in [0, 0.1) is 5.92 Å². The maximum Gasteiger partial charge on any atom is 0.249 e.